The molecule has 3 aromatic rings. The van der Waals surface area contributed by atoms with Crippen molar-refractivity contribution in [3.05, 3.63) is 80.5 Å². The second-order valence-electron chi connectivity index (χ2n) is 5.43. The highest BCUT2D eigenvalue weighted by atomic mass is 35.5. The van der Waals surface area contributed by atoms with Crippen LogP contribution < -0.4 is 11.1 Å². The normalized spacial score (nSPS) is 10.5. The SMILES string of the molecule is NC(=O)c1ccc(Cl)c(NC(=O)c2cnc(Cc3ccc(F)cc3)s2)c1. The van der Waals surface area contributed by atoms with Gasteiger partial charge in [0.1, 0.15) is 10.7 Å². The Kier molecular flexibility index (Phi) is 5.29. The van der Waals surface area contributed by atoms with Gasteiger partial charge in [0.05, 0.1) is 21.9 Å². The first-order valence-corrected chi connectivity index (χ1v) is 8.71. The van der Waals surface area contributed by atoms with E-state index in [1.54, 1.807) is 12.1 Å². The van der Waals surface area contributed by atoms with Gasteiger partial charge in [-0.2, -0.15) is 0 Å². The molecule has 3 rings (SSSR count). The number of nitrogens with two attached hydrogens (primary N) is 1. The molecule has 2 aromatic carbocycles. The van der Waals surface area contributed by atoms with E-state index in [-0.39, 0.29) is 11.4 Å². The molecule has 1 aromatic heterocycles. The van der Waals surface area contributed by atoms with Crippen LogP contribution in [-0.2, 0) is 6.42 Å². The fourth-order valence-electron chi connectivity index (χ4n) is 2.23. The number of carbonyl (C=O) groups is 2. The topological polar surface area (TPSA) is 85.1 Å². The molecule has 0 radical (unpaired) electrons. The highest BCUT2D eigenvalue weighted by Gasteiger charge is 2.14. The molecule has 0 spiro atoms. The second kappa shape index (κ2) is 7.63. The Morgan fingerprint density at radius 3 is 2.62 bits per heavy atom. The van der Waals surface area contributed by atoms with E-state index in [0.29, 0.717) is 22.0 Å². The Labute approximate surface area is 157 Å². The van der Waals surface area contributed by atoms with Crippen LogP contribution in [0.3, 0.4) is 0 Å². The molecule has 0 unspecified atom stereocenters. The minimum Gasteiger partial charge on any atom is -0.366 e. The lowest BCUT2D eigenvalue weighted by atomic mass is 10.2. The number of anilines is 1. The molecule has 1 heterocycles. The molecule has 8 heteroatoms. The molecule has 0 aliphatic carbocycles. The molecular weight excluding hydrogens is 377 g/mol. The third-order valence-corrected chi connectivity index (χ3v) is 4.87. The predicted octanol–water partition coefficient (Wildman–Crippen LogP) is 3.88. The largest absolute Gasteiger partial charge is 0.366 e. The zero-order valence-electron chi connectivity index (χ0n) is 13.3. The van der Waals surface area contributed by atoms with E-state index >= 15 is 0 Å². The maximum absolute atomic E-state index is 12.9. The highest BCUT2D eigenvalue weighted by Crippen LogP contribution is 2.25. The molecule has 0 aliphatic heterocycles. The van der Waals surface area contributed by atoms with Gasteiger partial charge in [0, 0.05) is 12.0 Å². The lowest BCUT2D eigenvalue weighted by Crippen LogP contribution is -2.14. The minimum absolute atomic E-state index is 0.242. The van der Waals surface area contributed by atoms with Crippen LogP contribution in [0.1, 0.15) is 30.6 Å². The molecule has 2 amide bonds. The molecule has 0 aliphatic rings. The molecule has 132 valence electrons. The average Bonchev–Trinajstić information content (AvgIpc) is 3.07. The van der Waals surface area contributed by atoms with Gasteiger partial charge in [-0.25, -0.2) is 9.37 Å². The van der Waals surface area contributed by atoms with Crippen LogP contribution in [0.4, 0.5) is 10.1 Å². The number of nitrogens with zero attached hydrogens (tertiary/aromatic N) is 1. The highest BCUT2D eigenvalue weighted by molar-refractivity contribution is 7.13. The Morgan fingerprint density at radius 1 is 1.19 bits per heavy atom. The second-order valence-corrected chi connectivity index (χ2v) is 6.96. The van der Waals surface area contributed by atoms with Crippen molar-refractivity contribution in [2.24, 2.45) is 5.73 Å². The third-order valence-electron chi connectivity index (χ3n) is 3.55. The number of rotatable bonds is 5. The van der Waals surface area contributed by atoms with Gasteiger partial charge in [-0.05, 0) is 35.9 Å². The van der Waals surface area contributed by atoms with E-state index in [4.69, 9.17) is 17.3 Å². The number of thiazole rings is 1. The average molecular weight is 390 g/mol. The summed E-state index contributed by atoms with van der Waals surface area (Å²) in [6.45, 7) is 0. The Balaban J connectivity index is 1.73. The summed E-state index contributed by atoms with van der Waals surface area (Å²) in [6.07, 6.45) is 1.96. The maximum Gasteiger partial charge on any atom is 0.267 e. The number of amides is 2. The van der Waals surface area contributed by atoms with Crippen LogP contribution in [0, 0.1) is 5.82 Å². The number of hydrogen-bond acceptors (Lipinski definition) is 4. The summed E-state index contributed by atoms with van der Waals surface area (Å²) in [5, 5.41) is 3.66. The number of carbonyl (C=O) groups excluding carboxylic acids is 2. The first-order valence-electron chi connectivity index (χ1n) is 7.52. The monoisotopic (exact) mass is 389 g/mol. The molecule has 0 saturated heterocycles. The lowest BCUT2D eigenvalue weighted by Gasteiger charge is -2.07. The van der Waals surface area contributed by atoms with Gasteiger partial charge >= 0.3 is 0 Å². The van der Waals surface area contributed by atoms with Crippen molar-refractivity contribution in [2.45, 2.75) is 6.42 Å². The molecule has 0 saturated carbocycles. The summed E-state index contributed by atoms with van der Waals surface area (Å²) in [7, 11) is 0. The van der Waals surface area contributed by atoms with Crippen molar-refractivity contribution in [3.63, 3.8) is 0 Å². The van der Waals surface area contributed by atoms with Gasteiger partial charge in [-0.1, -0.05) is 23.7 Å². The molecule has 0 atom stereocenters. The van der Waals surface area contributed by atoms with Crippen molar-refractivity contribution >= 4 is 40.4 Å². The smallest absolute Gasteiger partial charge is 0.267 e. The summed E-state index contributed by atoms with van der Waals surface area (Å²) < 4.78 is 12.9. The molecule has 0 bridgehead atoms. The number of benzene rings is 2. The van der Waals surface area contributed by atoms with Crippen molar-refractivity contribution in [1.29, 1.82) is 0 Å². The van der Waals surface area contributed by atoms with E-state index in [9.17, 15) is 14.0 Å². The Morgan fingerprint density at radius 2 is 1.92 bits per heavy atom. The van der Waals surface area contributed by atoms with Crippen molar-refractivity contribution in [1.82, 2.24) is 4.98 Å². The van der Waals surface area contributed by atoms with Gasteiger partial charge < -0.3 is 11.1 Å². The fourth-order valence-corrected chi connectivity index (χ4v) is 3.24. The van der Waals surface area contributed by atoms with Gasteiger partial charge in [0.25, 0.3) is 5.91 Å². The van der Waals surface area contributed by atoms with Crippen LogP contribution in [0.2, 0.25) is 5.02 Å². The zero-order chi connectivity index (χ0) is 18.7. The molecule has 0 fully saturated rings. The zero-order valence-corrected chi connectivity index (χ0v) is 14.9. The van der Waals surface area contributed by atoms with Gasteiger partial charge in [0.15, 0.2) is 0 Å². The number of nitrogens with one attached hydrogen (secondary N) is 1. The molecule has 26 heavy (non-hydrogen) atoms. The molecule has 3 N–H and O–H groups in total. The van der Waals surface area contributed by atoms with Crippen LogP contribution in [0.25, 0.3) is 0 Å². The van der Waals surface area contributed by atoms with E-state index < -0.39 is 11.8 Å². The number of aromatic nitrogens is 1. The lowest BCUT2D eigenvalue weighted by molar-refractivity contribution is 0.0996. The first kappa shape index (κ1) is 18.0. The molecule has 5 nitrogen and oxygen atoms in total. The van der Waals surface area contributed by atoms with E-state index in [2.05, 4.69) is 10.3 Å². The summed E-state index contributed by atoms with van der Waals surface area (Å²) in [5.74, 6) is -1.31. The minimum atomic E-state index is -0.614. The van der Waals surface area contributed by atoms with Gasteiger partial charge in [-0.3, -0.25) is 9.59 Å². The summed E-state index contributed by atoms with van der Waals surface area (Å²) in [4.78, 5) is 28.3. The third kappa shape index (κ3) is 4.25. The van der Waals surface area contributed by atoms with Crippen LogP contribution in [0.5, 0.6) is 0 Å². The predicted molar refractivity (Wildman–Crippen MR) is 99.2 cm³/mol. The van der Waals surface area contributed by atoms with Gasteiger partial charge in [0.2, 0.25) is 5.91 Å². The maximum atomic E-state index is 12.9. The van der Waals surface area contributed by atoms with Crippen LogP contribution in [0.15, 0.2) is 48.7 Å². The number of hydrogen-bond donors (Lipinski definition) is 2. The van der Waals surface area contributed by atoms with Crippen molar-refractivity contribution in [3.8, 4) is 0 Å². The van der Waals surface area contributed by atoms with Gasteiger partial charge in [-0.15, -0.1) is 11.3 Å². The molecular formula is C18H13ClFN3O2S. The first-order chi connectivity index (χ1) is 12.4. The van der Waals surface area contributed by atoms with Crippen molar-refractivity contribution in [2.75, 3.05) is 5.32 Å². The standard InChI is InChI=1S/C18H13ClFN3O2S/c19-13-6-3-11(17(21)24)8-14(13)23-18(25)15-9-22-16(26-15)7-10-1-4-12(20)5-2-10/h1-6,8-9H,7H2,(H2,21,24)(H,23,25). The van der Waals surface area contributed by atoms with Crippen molar-refractivity contribution < 1.29 is 14.0 Å². The van der Waals surface area contributed by atoms with Crippen LogP contribution >= 0.6 is 22.9 Å². The quantitative estimate of drug-likeness (QED) is 0.694. The fraction of sp³-hybridized carbons (Fsp3) is 0.0556. The number of primary amides is 1. The summed E-state index contributed by atoms with van der Waals surface area (Å²) >= 11 is 7.27. The van der Waals surface area contributed by atoms with E-state index in [1.165, 1.54) is 47.9 Å². The van der Waals surface area contributed by atoms with Crippen LogP contribution in [-0.4, -0.2) is 16.8 Å². The van der Waals surface area contributed by atoms with E-state index in [0.717, 1.165) is 10.6 Å². The summed E-state index contributed by atoms with van der Waals surface area (Å²) in [6, 6.07) is 10.5. The number of halogens is 2. The van der Waals surface area contributed by atoms with E-state index in [1.807, 2.05) is 0 Å². The summed E-state index contributed by atoms with van der Waals surface area (Å²) in [5.41, 5.74) is 6.66. The Bertz CT molecular complexity index is 973. The Hall–Kier alpha value is -2.77.